The van der Waals surface area contributed by atoms with Gasteiger partial charge in [0.15, 0.2) is 0 Å². The number of aliphatic imine (C=N–C) groups is 3. The van der Waals surface area contributed by atoms with E-state index in [1.54, 1.807) is 18.2 Å². The second-order valence-corrected chi connectivity index (χ2v) is 6.12. The minimum Gasteiger partial charge on any atom is -0.211 e. The summed E-state index contributed by atoms with van der Waals surface area (Å²) < 4.78 is 0. The third-order valence-electron chi connectivity index (χ3n) is 5.23. The molecule has 2 rings (SSSR count). The fourth-order valence-corrected chi connectivity index (χ4v) is 4.51. The second-order valence-electron chi connectivity index (χ2n) is 6.12. The van der Waals surface area contributed by atoms with Crippen LogP contribution < -0.4 is 0 Å². The van der Waals surface area contributed by atoms with E-state index in [1.807, 2.05) is 0 Å². The zero-order valence-electron chi connectivity index (χ0n) is 12.0. The predicted octanol–water partition coefficient (Wildman–Crippen LogP) is 1.81. The van der Waals surface area contributed by atoms with Crippen molar-refractivity contribution in [2.45, 2.75) is 32.1 Å². The van der Waals surface area contributed by atoms with Crippen molar-refractivity contribution in [2.75, 3.05) is 19.6 Å². The van der Waals surface area contributed by atoms with Crippen LogP contribution in [0.5, 0.6) is 0 Å². The molecule has 112 valence electrons. The van der Waals surface area contributed by atoms with Crippen LogP contribution in [0.15, 0.2) is 15.0 Å². The molecule has 2 saturated carbocycles. The molecular formula is C15H19N3O3. The van der Waals surface area contributed by atoms with Crippen molar-refractivity contribution < 1.29 is 14.4 Å². The van der Waals surface area contributed by atoms with Gasteiger partial charge in [-0.2, -0.15) is 0 Å². The molecule has 4 atom stereocenters. The Morgan fingerprint density at radius 3 is 2.38 bits per heavy atom. The van der Waals surface area contributed by atoms with Crippen molar-refractivity contribution in [3.05, 3.63) is 0 Å². The van der Waals surface area contributed by atoms with Crippen molar-refractivity contribution in [1.29, 1.82) is 0 Å². The molecular weight excluding hydrogens is 270 g/mol. The zero-order chi connectivity index (χ0) is 15.1. The van der Waals surface area contributed by atoms with Gasteiger partial charge in [-0.25, -0.2) is 29.4 Å². The first kappa shape index (κ1) is 15.5. The molecule has 0 heterocycles. The average Bonchev–Trinajstić information content (AvgIpc) is 3.02. The van der Waals surface area contributed by atoms with E-state index in [1.165, 1.54) is 0 Å². The predicted molar refractivity (Wildman–Crippen MR) is 75.0 cm³/mol. The molecule has 6 nitrogen and oxygen atoms in total. The molecule has 6 heteroatoms. The van der Waals surface area contributed by atoms with Gasteiger partial charge >= 0.3 is 0 Å². The lowest BCUT2D eigenvalue weighted by Crippen LogP contribution is -2.38. The van der Waals surface area contributed by atoms with E-state index >= 15 is 0 Å². The summed E-state index contributed by atoms with van der Waals surface area (Å²) in [5.41, 5.74) is -0.0483. The van der Waals surface area contributed by atoms with Crippen molar-refractivity contribution >= 4 is 18.2 Å². The van der Waals surface area contributed by atoms with Crippen molar-refractivity contribution in [3.63, 3.8) is 0 Å². The van der Waals surface area contributed by atoms with Crippen molar-refractivity contribution in [2.24, 2.45) is 38.1 Å². The number of rotatable bonds is 8. The topological polar surface area (TPSA) is 88.3 Å². The smallest absolute Gasteiger partial charge is 0.211 e. The summed E-state index contributed by atoms with van der Waals surface area (Å²) in [4.78, 5) is 42.2. The fourth-order valence-electron chi connectivity index (χ4n) is 4.51. The van der Waals surface area contributed by atoms with Gasteiger partial charge < -0.3 is 0 Å². The molecule has 4 unspecified atom stereocenters. The fraction of sp³-hybridized carbons (Fsp3) is 0.800. The van der Waals surface area contributed by atoms with Gasteiger partial charge in [0.2, 0.25) is 18.2 Å². The first-order valence-electron chi connectivity index (χ1n) is 7.37. The van der Waals surface area contributed by atoms with E-state index in [0.717, 1.165) is 32.1 Å². The molecule has 2 aliphatic carbocycles. The van der Waals surface area contributed by atoms with Gasteiger partial charge in [0.05, 0.1) is 19.6 Å². The number of carbonyl (C=O) groups excluding carboxylic acids is 3. The zero-order valence-corrected chi connectivity index (χ0v) is 12.0. The molecule has 0 N–H and O–H groups in total. The summed E-state index contributed by atoms with van der Waals surface area (Å²) in [6, 6.07) is 0. The van der Waals surface area contributed by atoms with Crippen LogP contribution in [-0.2, 0) is 14.4 Å². The Hall–Kier alpha value is -1.86. The highest BCUT2D eigenvalue weighted by Crippen LogP contribution is 2.62. The highest BCUT2D eigenvalue weighted by molar-refractivity contribution is 5.34. The Morgan fingerprint density at radius 1 is 0.952 bits per heavy atom. The number of hydrogen-bond donors (Lipinski definition) is 0. The molecule has 0 aromatic heterocycles. The maximum absolute atomic E-state index is 10.5. The molecule has 2 bridgehead atoms. The lowest BCUT2D eigenvalue weighted by atomic mass is 9.66. The molecule has 0 aromatic carbocycles. The molecule has 21 heavy (non-hydrogen) atoms. The van der Waals surface area contributed by atoms with E-state index in [9.17, 15) is 14.4 Å². The van der Waals surface area contributed by atoms with Crippen LogP contribution in [0.25, 0.3) is 0 Å². The van der Waals surface area contributed by atoms with Crippen LogP contribution in [0.2, 0.25) is 0 Å². The minimum atomic E-state index is -0.0483. The molecule has 0 aromatic rings. The molecule has 2 aliphatic rings. The van der Waals surface area contributed by atoms with Gasteiger partial charge in [-0.3, -0.25) is 0 Å². The number of nitrogens with zero attached hydrogens (tertiary/aromatic N) is 3. The van der Waals surface area contributed by atoms with Crippen LogP contribution in [0, 0.1) is 23.2 Å². The van der Waals surface area contributed by atoms with Gasteiger partial charge in [0.25, 0.3) is 0 Å². The van der Waals surface area contributed by atoms with E-state index in [2.05, 4.69) is 15.0 Å². The number of fused-ring (bicyclic) bond motifs is 2. The Labute approximate surface area is 123 Å². The van der Waals surface area contributed by atoms with E-state index in [4.69, 9.17) is 0 Å². The third kappa shape index (κ3) is 3.25. The van der Waals surface area contributed by atoms with Crippen molar-refractivity contribution in [3.8, 4) is 0 Å². The largest absolute Gasteiger partial charge is 0.234 e. The minimum absolute atomic E-state index is 0.0483. The van der Waals surface area contributed by atoms with Crippen LogP contribution in [-0.4, -0.2) is 37.9 Å². The molecule has 0 aliphatic heterocycles. The SMILES string of the molecule is O=C=NCCCC1CC2CC(CN=C=O)C1(CN=C=O)C2. The molecule has 2 fully saturated rings. The van der Waals surface area contributed by atoms with Gasteiger partial charge in [0, 0.05) is 0 Å². The number of isocyanates is 3. The van der Waals surface area contributed by atoms with E-state index < -0.39 is 0 Å². The average molecular weight is 289 g/mol. The van der Waals surface area contributed by atoms with Gasteiger partial charge in [0.1, 0.15) is 0 Å². The highest BCUT2D eigenvalue weighted by Gasteiger charge is 2.57. The van der Waals surface area contributed by atoms with Gasteiger partial charge in [-0.1, -0.05) is 0 Å². The summed E-state index contributed by atoms with van der Waals surface area (Å²) in [5.74, 6) is 1.36. The summed E-state index contributed by atoms with van der Waals surface area (Å²) in [7, 11) is 0. The standard InChI is InChI=1S/C15H19N3O3/c19-9-16-3-1-2-13-4-12-5-14(7-17-10-20)15(13,6-12)8-18-11-21/h12-14H,1-8H2. The van der Waals surface area contributed by atoms with Crippen LogP contribution in [0.4, 0.5) is 0 Å². The molecule has 0 spiro atoms. The van der Waals surface area contributed by atoms with Crippen LogP contribution >= 0.6 is 0 Å². The molecule has 0 saturated heterocycles. The Bertz CT molecular complexity index is 516. The van der Waals surface area contributed by atoms with E-state index in [-0.39, 0.29) is 11.3 Å². The summed E-state index contributed by atoms with van der Waals surface area (Å²) in [6.07, 6.45) is 9.81. The summed E-state index contributed by atoms with van der Waals surface area (Å²) in [5, 5.41) is 0. The maximum Gasteiger partial charge on any atom is 0.234 e. The number of hydrogen-bond acceptors (Lipinski definition) is 6. The third-order valence-corrected chi connectivity index (χ3v) is 5.23. The second kappa shape index (κ2) is 7.24. The van der Waals surface area contributed by atoms with E-state index in [0.29, 0.717) is 31.5 Å². The Morgan fingerprint density at radius 2 is 1.67 bits per heavy atom. The Kier molecular flexibility index (Phi) is 5.35. The first-order chi connectivity index (χ1) is 10.3. The Balaban J connectivity index is 2.10. The lowest BCUT2D eigenvalue weighted by molar-refractivity contribution is 0.109. The monoisotopic (exact) mass is 289 g/mol. The lowest BCUT2D eigenvalue weighted by Gasteiger charge is -2.39. The first-order valence-corrected chi connectivity index (χ1v) is 7.37. The van der Waals surface area contributed by atoms with Crippen LogP contribution in [0.3, 0.4) is 0 Å². The van der Waals surface area contributed by atoms with Gasteiger partial charge in [-0.15, -0.1) is 0 Å². The summed E-state index contributed by atoms with van der Waals surface area (Å²) >= 11 is 0. The maximum atomic E-state index is 10.5. The molecule has 0 amide bonds. The summed E-state index contributed by atoms with van der Waals surface area (Å²) in [6.45, 7) is 1.43. The van der Waals surface area contributed by atoms with Crippen LogP contribution in [0.1, 0.15) is 32.1 Å². The highest BCUT2D eigenvalue weighted by atomic mass is 16.1. The molecule has 0 radical (unpaired) electrons. The van der Waals surface area contributed by atoms with Crippen molar-refractivity contribution in [1.82, 2.24) is 0 Å². The van der Waals surface area contributed by atoms with Gasteiger partial charge in [-0.05, 0) is 55.3 Å². The normalized spacial score (nSPS) is 32.9. The quantitative estimate of drug-likeness (QED) is 0.388.